The van der Waals surface area contributed by atoms with Gasteiger partial charge in [0.1, 0.15) is 10.8 Å². The minimum atomic E-state index is -0.127. The maximum Gasteiger partial charge on any atom is 0.267 e. The van der Waals surface area contributed by atoms with Gasteiger partial charge in [-0.1, -0.05) is 59.9 Å². The molecule has 0 radical (unpaired) electrons. The fraction of sp³-hybridized carbons (Fsp3) is 0.0526. The molecule has 2 aromatic heterocycles. The summed E-state index contributed by atoms with van der Waals surface area (Å²) in [5.74, 6) is 0.596. The Labute approximate surface area is 147 Å². The Bertz CT molecular complexity index is 1130. The van der Waals surface area contributed by atoms with E-state index in [0.29, 0.717) is 21.9 Å². The molecule has 0 fully saturated rings. The number of rotatable bonds is 3. The number of nitrogens with zero attached hydrogens (tertiary/aromatic N) is 4. The maximum atomic E-state index is 12.8. The highest BCUT2D eigenvalue weighted by Gasteiger charge is 2.13. The van der Waals surface area contributed by atoms with Crippen molar-refractivity contribution in [2.24, 2.45) is 0 Å². The molecule has 4 aromatic rings. The third-order valence-electron chi connectivity index (χ3n) is 3.78. The highest BCUT2D eigenvalue weighted by Crippen LogP contribution is 2.18. The number of aryl methyl sites for hydroxylation is 1. The second kappa shape index (κ2) is 6.41. The highest BCUT2D eigenvalue weighted by atomic mass is 32.1. The molecule has 0 spiro atoms. The normalized spacial score (nSPS) is 11.4. The first-order chi connectivity index (χ1) is 12.2. The predicted molar refractivity (Wildman–Crippen MR) is 101 cm³/mol. The van der Waals surface area contributed by atoms with Gasteiger partial charge >= 0.3 is 0 Å². The van der Waals surface area contributed by atoms with Crippen molar-refractivity contribution in [1.29, 1.82) is 0 Å². The number of para-hydroxylation sites is 1. The van der Waals surface area contributed by atoms with Gasteiger partial charge in [-0.3, -0.25) is 4.79 Å². The number of aromatic nitrogens is 4. The van der Waals surface area contributed by atoms with Gasteiger partial charge in [0.25, 0.3) is 5.56 Å². The molecule has 6 heteroatoms. The van der Waals surface area contributed by atoms with E-state index in [-0.39, 0.29) is 5.56 Å². The summed E-state index contributed by atoms with van der Waals surface area (Å²) in [6.07, 6.45) is 3.86. The van der Waals surface area contributed by atoms with E-state index in [1.165, 1.54) is 15.9 Å². The van der Waals surface area contributed by atoms with Gasteiger partial charge in [0.15, 0.2) is 0 Å². The van der Waals surface area contributed by atoms with Gasteiger partial charge in [0.05, 0.1) is 10.9 Å². The fourth-order valence-electron chi connectivity index (χ4n) is 2.58. The van der Waals surface area contributed by atoms with Gasteiger partial charge in [-0.2, -0.15) is 0 Å². The van der Waals surface area contributed by atoms with E-state index < -0.39 is 0 Å². The molecule has 4 rings (SSSR count). The van der Waals surface area contributed by atoms with E-state index in [4.69, 9.17) is 0 Å². The van der Waals surface area contributed by atoms with E-state index in [1.54, 1.807) is 13.0 Å². The second-order valence-corrected chi connectivity index (χ2v) is 6.47. The third kappa shape index (κ3) is 2.99. The second-order valence-electron chi connectivity index (χ2n) is 5.48. The van der Waals surface area contributed by atoms with Crippen molar-refractivity contribution in [2.45, 2.75) is 6.92 Å². The van der Waals surface area contributed by atoms with Gasteiger partial charge in [-0.15, -0.1) is 10.2 Å². The van der Waals surface area contributed by atoms with Crippen LogP contribution in [0.2, 0.25) is 0 Å². The topological polar surface area (TPSA) is 60.7 Å². The predicted octanol–water partition coefficient (Wildman–Crippen LogP) is 3.72. The van der Waals surface area contributed by atoms with Crippen LogP contribution in [0.1, 0.15) is 16.4 Å². The summed E-state index contributed by atoms with van der Waals surface area (Å²) in [7, 11) is 0. The summed E-state index contributed by atoms with van der Waals surface area (Å²) < 4.78 is 1.51. The quantitative estimate of drug-likeness (QED) is 0.567. The van der Waals surface area contributed by atoms with Crippen LogP contribution >= 0.6 is 11.3 Å². The molecule has 0 aliphatic rings. The Hall–Kier alpha value is -3.12. The number of fused-ring (bicyclic) bond motifs is 1. The molecule has 0 bridgehead atoms. The van der Waals surface area contributed by atoms with Gasteiger partial charge in [0, 0.05) is 0 Å². The monoisotopic (exact) mass is 346 g/mol. The molecule has 0 N–H and O–H groups in total. The lowest BCUT2D eigenvalue weighted by Crippen LogP contribution is -2.22. The zero-order valence-electron chi connectivity index (χ0n) is 13.5. The Balaban J connectivity index is 1.74. The largest absolute Gasteiger partial charge is 0.268 e. The van der Waals surface area contributed by atoms with E-state index in [9.17, 15) is 4.79 Å². The third-order valence-corrected chi connectivity index (χ3v) is 4.66. The number of benzene rings is 2. The van der Waals surface area contributed by atoms with Crippen LogP contribution in [0, 0.1) is 6.92 Å². The van der Waals surface area contributed by atoms with Gasteiger partial charge < -0.3 is 0 Å². The van der Waals surface area contributed by atoms with Crippen molar-refractivity contribution >= 4 is 34.4 Å². The lowest BCUT2D eigenvalue weighted by Gasteiger charge is -2.06. The van der Waals surface area contributed by atoms with Gasteiger partial charge in [-0.05, 0) is 30.7 Å². The van der Waals surface area contributed by atoms with Crippen molar-refractivity contribution in [3.05, 3.63) is 81.3 Å². The van der Waals surface area contributed by atoms with Crippen LogP contribution in [0.5, 0.6) is 0 Å². The Morgan fingerprint density at radius 2 is 1.72 bits per heavy atom. The van der Waals surface area contributed by atoms with E-state index in [1.807, 2.05) is 60.7 Å². The van der Waals surface area contributed by atoms with Crippen LogP contribution in [-0.2, 0) is 0 Å². The van der Waals surface area contributed by atoms with Crippen LogP contribution in [0.4, 0.5) is 0 Å². The van der Waals surface area contributed by atoms with Crippen molar-refractivity contribution < 1.29 is 0 Å². The summed E-state index contributed by atoms with van der Waals surface area (Å²) in [5, 5.41) is 10.2. The zero-order valence-corrected chi connectivity index (χ0v) is 14.3. The molecular weight excluding hydrogens is 332 g/mol. The first kappa shape index (κ1) is 15.4. The summed E-state index contributed by atoms with van der Waals surface area (Å²) in [6, 6.07) is 17.3. The molecule has 0 unspecified atom stereocenters. The van der Waals surface area contributed by atoms with E-state index in [0.717, 1.165) is 10.6 Å². The molecule has 0 saturated carbocycles. The zero-order chi connectivity index (χ0) is 17.2. The first-order valence-corrected chi connectivity index (χ1v) is 8.59. The standard InChI is InChI=1S/C19H14N4OS/c1-13-20-16-10-6-5-9-15(16)18(24)23(13)19-22-21-17(25-19)12-11-14-7-3-2-4-8-14/h2-12H,1H3/b12-11+. The lowest BCUT2D eigenvalue weighted by molar-refractivity contribution is 0.861. The SMILES string of the molecule is Cc1nc2ccccc2c(=O)n1-c1nnc(/C=C/c2ccccc2)s1. The van der Waals surface area contributed by atoms with Gasteiger partial charge in [0.2, 0.25) is 5.13 Å². The number of hydrogen-bond acceptors (Lipinski definition) is 5. The minimum absolute atomic E-state index is 0.127. The molecule has 0 aliphatic carbocycles. The molecule has 2 aromatic carbocycles. The molecule has 0 aliphatic heterocycles. The molecule has 25 heavy (non-hydrogen) atoms. The van der Waals surface area contributed by atoms with Crippen LogP contribution < -0.4 is 5.56 Å². The maximum absolute atomic E-state index is 12.8. The van der Waals surface area contributed by atoms with E-state index in [2.05, 4.69) is 15.2 Å². The molecule has 5 nitrogen and oxygen atoms in total. The average Bonchev–Trinajstić information content (AvgIpc) is 3.09. The molecule has 122 valence electrons. The molecule has 2 heterocycles. The van der Waals surface area contributed by atoms with Crippen LogP contribution in [-0.4, -0.2) is 19.7 Å². The molecule has 0 atom stereocenters. The van der Waals surface area contributed by atoms with Crippen molar-refractivity contribution in [2.75, 3.05) is 0 Å². The summed E-state index contributed by atoms with van der Waals surface area (Å²) in [6.45, 7) is 1.80. The lowest BCUT2D eigenvalue weighted by atomic mass is 10.2. The summed E-state index contributed by atoms with van der Waals surface area (Å²) in [5.41, 5.74) is 1.65. The molecule has 0 amide bonds. The Morgan fingerprint density at radius 1 is 0.960 bits per heavy atom. The van der Waals surface area contributed by atoms with Crippen LogP contribution in [0.15, 0.2) is 59.4 Å². The number of hydrogen-bond donors (Lipinski definition) is 0. The molecule has 0 saturated heterocycles. The van der Waals surface area contributed by atoms with Crippen LogP contribution in [0.3, 0.4) is 0 Å². The van der Waals surface area contributed by atoms with Crippen molar-refractivity contribution in [3.63, 3.8) is 0 Å². The summed E-state index contributed by atoms with van der Waals surface area (Å²) >= 11 is 1.36. The summed E-state index contributed by atoms with van der Waals surface area (Å²) in [4.78, 5) is 17.3. The fourth-order valence-corrected chi connectivity index (χ4v) is 3.38. The minimum Gasteiger partial charge on any atom is -0.268 e. The van der Waals surface area contributed by atoms with Crippen molar-refractivity contribution in [1.82, 2.24) is 19.7 Å². The van der Waals surface area contributed by atoms with Crippen molar-refractivity contribution in [3.8, 4) is 5.13 Å². The highest BCUT2D eigenvalue weighted by molar-refractivity contribution is 7.14. The van der Waals surface area contributed by atoms with Crippen LogP contribution in [0.25, 0.3) is 28.2 Å². The Morgan fingerprint density at radius 3 is 2.56 bits per heavy atom. The smallest absolute Gasteiger partial charge is 0.267 e. The molecular formula is C19H14N4OS. The van der Waals surface area contributed by atoms with Gasteiger partial charge in [-0.25, -0.2) is 9.55 Å². The Kier molecular flexibility index (Phi) is 3.95. The first-order valence-electron chi connectivity index (χ1n) is 7.78. The van der Waals surface area contributed by atoms with E-state index >= 15 is 0 Å². The average molecular weight is 346 g/mol.